The van der Waals surface area contributed by atoms with Crippen LogP contribution in [0.25, 0.3) is 11.6 Å². The summed E-state index contributed by atoms with van der Waals surface area (Å²) in [7, 11) is 1.58. The molecule has 0 aliphatic heterocycles. The molecule has 0 spiro atoms. The van der Waals surface area contributed by atoms with Crippen LogP contribution in [0.15, 0.2) is 55.1 Å². The van der Waals surface area contributed by atoms with E-state index in [0.717, 1.165) is 16.7 Å². The normalized spacial score (nSPS) is 10.4. The fraction of sp³-hybridized carbons (Fsp3) is 0.136. The van der Waals surface area contributed by atoms with E-state index >= 15 is 0 Å². The van der Waals surface area contributed by atoms with Crippen molar-refractivity contribution in [1.82, 2.24) is 0 Å². The summed E-state index contributed by atoms with van der Waals surface area (Å²) < 4.78 is 11.1. The number of benzene rings is 2. The minimum atomic E-state index is 0.156. The summed E-state index contributed by atoms with van der Waals surface area (Å²) in [5, 5.41) is 9.50. The highest BCUT2D eigenvalue weighted by Gasteiger charge is 2.12. The zero-order chi connectivity index (χ0) is 18.1. The van der Waals surface area contributed by atoms with E-state index in [1.807, 2.05) is 48.5 Å². The highest BCUT2D eigenvalue weighted by molar-refractivity contribution is 5.90. The molecule has 0 aliphatic rings. The van der Waals surface area contributed by atoms with E-state index in [0.29, 0.717) is 23.5 Å². The zero-order valence-corrected chi connectivity index (χ0v) is 14.2. The van der Waals surface area contributed by atoms with Crippen molar-refractivity contribution in [1.29, 1.82) is 5.26 Å². The first-order chi connectivity index (χ1) is 12.2. The third kappa shape index (κ3) is 4.53. The lowest BCUT2D eigenvalue weighted by molar-refractivity contribution is 0.328. The van der Waals surface area contributed by atoms with E-state index in [1.54, 1.807) is 13.2 Å². The lowest BCUT2D eigenvalue weighted by Crippen LogP contribution is -2.01. The van der Waals surface area contributed by atoms with Gasteiger partial charge < -0.3 is 9.47 Å². The molecule has 124 valence electrons. The van der Waals surface area contributed by atoms with Crippen molar-refractivity contribution >= 4 is 11.6 Å². The van der Waals surface area contributed by atoms with Gasteiger partial charge in [0.2, 0.25) is 0 Å². The smallest absolute Gasteiger partial charge is 0.166 e. The Morgan fingerprint density at radius 2 is 2.04 bits per heavy atom. The second-order valence-electron chi connectivity index (χ2n) is 5.23. The molecular weight excluding hydrogens is 310 g/mol. The fourth-order valence-corrected chi connectivity index (χ4v) is 2.47. The Hall–Kier alpha value is -3.43. The SMILES string of the molecule is C#CCOc1c(CC=C)cc(/C=C(\C#N)c2ccccc2)cc1OC. The Balaban J connectivity index is 2.53. The molecule has 0 aromatic heterocycles. The first-order valence-corrected chi connectivity index (χ1v) is 7.78. The van der Waals surface area contributed by atoms with E-state index in [4.69, 9.17) is 15.9 Å². The van der Waals surface area contributed by atoms with Gasteiger partial charge in [-0.15, -0.1) is 13.0 Å². The van der Waals surface area contributed by atoms with Gasteiger partial charge in [-0.2, -0.15) is 5.26 Å². The lowest BCUT2D eigenvalue weighted by atomic mass is 10.0. The summed E-state index contributed by atoms with van der Waals surface area (Å²) in [6.07, 6.45) is 9.50. The molecule has 0 amide bonds. The first-order valence-electron chi connectivity index (χ1n) is 7.78. The van der Waals surface area contributed by atoms with Gasteiger partial charge in [-0.25, -0.2) is 0 Å². The van der Waals surface area contributed by atoms with Crippen LogP contribution in [0.5, 0.6) is 11.5 Å². The molecule has 0 fully saturated rings. The zero-order valence-electron chi connectivity index (χ0n) is 14.2. The van der Waals surface area contributed by atoms with Crippen molar-refractivity contribution in [3.8, 4) is 29.9 Å². The van der Waals surface area contributed by atoms with Gasteiger partial charge in [-0.3, -0.25) is 0 Å². The molecule has 0 radical (unpaired) electrons. The molecule has 0 N–H and O–H groups in total. The molecule has 2 aromatic rings. The lowest BCUT2D eigenvalue weighted by Gasteiger charge is -2.14. The number of nitrogens with zero attached hydrogens (tertiary/aromatic N) is 1. The second-order valence-corrected chi connectivity index (χ2v) is 5.23. The van der Waals surface area contributed by atoms with Crippen molar-refractivity contribution in [3.63, 3.8) is 0 Å². The van der Waals surface area contributed by atoms with Crippen molar-refractivity contribution in [2.75, 3.05) is 13.7 Å². The average Bonchev–Trinajstić information content (AvgIpc) is 2.65. The van der Waals surface area contributed by atoms with E-state index in [-0.39, 0.29) is 6.61 Å². The van der Waals surface area contributed by atoms with Gasteiger partial charge in [0, 0.05) is 5.56 Å². The monoisotopic (exact) mass is 329 g/mol. The number of allylic oxidation sites excluding steroid dienone is 2. The third-order valence-electron chi connectivity index (χ3n) is 3.55. The van der Waals surface area contributed by atoms with E-state index in [2.05, 4.69) is 18.6 Å². The summed E-state index contributed by atoms with van der Waals surface area (Å²) in [6.45, 7) is 3.94. The van der Waals surface area contributed by atoms with Gasteiger partial charge in [0.25, 0.3) is 0 Å². The maximum atomic E-state index is 9.50. The van der Waals surface area contributed by atoms with Crippen molar-refractivity contribution < 1.29 is 9.47 Å². The van der Waals surface area contributed by atoms with Crippen LogP contribution < -0.4 is 9.47 Å². The van der Waals surface area contributed by atoms with Crippen LogP contribution in [0.3, 0.4) is 0 Å². The fourth-order valence-electron chi connectivity index (χ4n) is 2.47. The largest absolute Gasteiger partial charge is 0.493 e. The number of hydrogen-bond donors (Lipinski definition) is 0. The molecule has 2 rings (SSSR count). The highest BCUT2D eigenvalue weighted by atomic mass is 16.5. The van der Waals surface area contributed by atoms with Crippen LogP contribution in [-0.4, -0.2) is 13.7 Å². The summed E-state index contributed by atoms with van der Waals surface area (Å²) in [5.74, 6) is 3.64. The number of nitriles is 1. The minimum Gasteiger partial charge on any atom is -0.493 e. The van der Waals surface area contributed by atoms with Gasteiger partial charge in [0.05, 0.1) is 18.8 Å². The average molecular weight is 329 g/mol. The van der Waals surface area contributed by atoms with Crippen LogP contribution in [0.2, 0.25) is 0 Å². The molecule has 0 heterocycles. The molecule has 0 unspecified atom stereocenters. The Labute approximate surface area is 148 Å². The molecule has 0 saturated heterocycles. The number of terminal acetylenes is 1. The molecular formula is C22H19NO2. The minimum absolute atomic E-state index is 0.156. The quantitative estimate of drug-likeness (QED) is 0.325. The van der Waals surface area contributed by atoms with Crippen LogP contribution in [0, 0.1) is 23.7 Å². The number of ether oxygens (including phenoxy) is 2. The molecule has 0 atom stereocenters. The van der Waals surface area contributed by atoms with Crippen LogP contribution in [0.4, 0.5) is 0 Å². The van der Waals surface area contributed by atoms with Crippen molar-refractivity contribution in [3.05, 3.63) is 71.8 Å². The Morgan fingerprint density at radius 3 is 2.64 bits per heavy atom. The van der Waals surface area contributed by atoms with Crippen LogP contribution in [-0.2, 0) is 6.42 Å². The molecule has 0 saturated carbocycles. The Bertz CT molecular complexity index is 852. The molecule has 2 aromatic carbocycles. The first kappa shape index (κ1) is 17.9. The van der Waals surface area contributed by atoms with E-state index in [1.165, 1.54) is 0 Å². The molecule has 0 aliphatic carbocycles. The number of methoxy groups -OCH3 is 1. The summed E-state index contributed by atoms with van der Waals surface area (Å²) in [4.78, 5) is 0. The van der Waals surface area contributed by atoms with E-state index in [9.17, 15) is 5.26 Å². The summed E-state index contributed by atoms with van der Waals surface area (Å²) in [6, 6.07) is 15.6. The van der Waals surface area contributed by atoms with Gasteiger partial charge in [-0.05, 0) is 35.8 Å². The standard InChI is InChI=1S/C22H19NO2/c1-4-9-19-13-17(15-21(24-3)22(19)25-12-5-2)14-20(16-23)18-10-7-6-8-11-18/h2,4,6-8,10-11,13-15H,1,9,12H2,3H3/b20-14+. The van der Waals surface area contributed by atoms with Gasteiger partial charge in [-0.1, -0.05) is 42.3 Å². The maximum absolute atomic E-state index is 9.50. The second kappa shape index (κ2) is 9.01. The van der Waals surface area contributed by atoms with Crippen LogP contribution >= 0.6 is 0 Å². The number of hydrogen-bond acceptors (Lipinski definition) is 3. The Kier molecular flexibility index (Phi) is 6.46. The maximum Gasteiger partial charge on any atom is 0.166 e. The summed E-state index contributed by atoms with van der Waals surface area (Å²) >= 11 is 0. The summed E-state index contributed by atoms with van der Waals surface area (Å²) in [5.41, 5.74) is 3.19. The van der Waals surface area contributed by atoms with Crippen molar-refractivity contribution in [2.45, 2.75) is 6.42 Å². The van der Waals surface area contributed by atoms with Crippen molar-refractivity contribution in [2.24, 2.45) is 0 Å². The number of rotatable bonds is 7. The van der Waals surface area contributed by atoms with E-state index < -0.39 is 0 Å². The molecule has 0 bridgehead atoms. The van der Waals surface area contributed by atoms with Gasteiger partial charge >= 0.3 is 0 Å². The van der Waals surface area contributed by atoms with Gasteiger partial charge in [0.15, 0.2) is 11.5 Å². The molecule has 3 heteroatoms. The Morgan fingerprint density at radius 1 is 1.28 bits per heavy atom. The predicted molar refractivity (Wildman–Crippen MR) is 101 cm³/mol. The molecule has 25 heavy (non-hydrogen) atoms. The highest BCUT2D eigenvalue weighted by Crippen LogP contribution is 2.34. The topological polar surface area (TPSA) is 42.2 Å². The predicted octanol–water partition coefficient (Wildman–Crippen LogP) is 4.50. The molecule has 3 nitrogen and oxygen atoms in total. The van der Waals surface area contributed by atoms with Gasteiger partial charge in [0.1, 0.15) is 6.61 Å². The third-order valence-corrected chi connectivity index (χ3v) is 3.55. The van der Waals surface area contributed by atoms with Crippen LogP contribution in [0.1, 0.15) is 16.7 Å².